The normalized spacial score (nSPS) is 12.7. The van der Waals surface area contributed by atoms with E-state index in [1.807, 2.05) is 63.2 Å². The van der Waals surface area contributed by atoms with E-state index in [-0.39, 0.29) is 35.8 Å². The molecule has 0 aromatic heterocycles. The first kappa shape index (κ1) is 52.3. The molecule has 13 nitrogen and oxygen atoms in total. The Morgan fingerprint density at radius 2 is 0.952 bits per heavy atom. The van der Waals surface area contributed by atoms with Crippen molar-refractivity contribution in [3.63, 3.8) is 0 Å². The summed E-state index contributed by atoms with van der Waals surface area (Å²) in [6.07, 6.45) is 3.64. The second-order valence-corrected chi connectivity index (χ2v) is 15.2. The largest absolute Gasteiger partial charge is 0.353 e. The van der Waals surface area contributed by atoms with Gasteiger partial charge in [0.1, 0.15) is 47.4 Å². The maximum absolute atomic E-state index is 13.3. The van der Waals surface area contributed by atoms with E-state index in [0.29, 0.717) is 32.5 Å². The molecule has 6 N–H and O–H groups in total. The Labute approximate surface area is 361 Å². The molecule has 0 saturated carbocycles. The van der Waals surface area contributed by atoms with Crippen molar-refractivity contribution in [3.05, 3.63) is 107 Å². The number of halogens is 4. The van der Waals surface area contributed by atoms with E-state index < -0.39 is 71.1 Å². The van der Waals surface area contributed by atoms with Crippen molar-refractivity contribution in [2.45, 2.75) is 110 Å². The van der Waals surface area contributed by atoms with Gasteiger partial charge in [-0.1, -0.05) is 69.9 Å². The Hall–Kier alpha value is -5.84. The minimum Gasteiger partial charge on any atom is -0.353 e. The number of hydrogen-bond donors (Lipinski definition) is 6. The van der Waals surface area contributed by atoms with Crippen molar-refractivity contribution in [1.29, 1.82) is 0 Å². The van der Waals surface area contributed by atoms with Gasteiger partial charge < -0.3 is 36.8 Å². The maximum atomic E-state index is 13.3. The molecule has 0 unspecified atom stereocenters. The zero-order valence-corrected chi connectivity index (χ0v) is 36.3. The van der Waals surface area contributed by atoms with Crippen LogP contribution in [0.1, 0.15) is 82.9 Å². The van der Waals surface area contributed by atoms with Crippen LogP contribution in [0.15, 0.2) is 66.7 Å². The van der Waals surface area contributed by atoms with Gasteiger partial charge in [0.2, 0.25) is 35.4 Å². The van der Waals surface area contributed by atoms with Crippen LogP contribution in [0.4, 0.5) is 17.6 Å². The van der Waals surface area contributed by atoms with Crippen LogP contribution in [0, 0.1) is 23.3 Å². The Morgan fingerprint density at radius 1 is 0.548 bits per heavy atom. The molecule has 3 aromatic rings. The van der Waals surface area contributed by atoms with E-state index in [4.69, 9.17) is 0 Å². The molecule has 0 aliphatic carbocycles. The van der Waals surface area contributed by atoms with E-state index in [1.165, 1.54) is 13.8 Å². The van der Waals surface area contributed by atoms with Crippen molar-refractivity contribution < 1.29 is 46.3 Å². The van der Waals surface area contributed by atoms with E-state index in [0.717, 1.165) is 67.6 Å². The monoisotopic (exact) mass is 871 g/mol. The van der Waals surface area contributed by atoms with Crippen LogP contribution in [0.5, 0.6) is 0 Å². The van der Waals surface area contributed by atoms with Crippen LogP contribution in [-0.2, 0) is 48.2 Å². The molecule has 0 aliphatic rings. The molecule has 0 aliphatic heterocycles. The predicted octanol–water partition coefficient (Wildman–Crippen LogP) is 4.37. The minimum atomic E-state index is -0.924. The highest BCUT2D eigenvalue weighted by Gasteiger charge is 2.25. The molecular formula is C45H61F4N7O6. The fourth-order valence-electron chi connectivity index (χ4n) is 5.89. The first-order valence-corrected chi connectivity index (χ1v) is 20.7. The first-order chi connectivity index (χ1) is 29.4. The summed E-state index contributed by atoms with van der Waals surface area (Å²) in [5, 5.41) is 16.0. The molecule has 0 heterocycles. The molecule has 0 radical (unpaired) electrons. The minimum absolute atomic E-state index is 0.161. The zero-order valence-electron chi connectivity index (χ0n) is 36.3. The number of amides is 6. The standard InChI is InChI=1S/C24H29F2N3O3.C21H32F2N4O3/c1-3-4-10-21(24(32)27-15-17-8-6-5-7-9-17)29-23(31)16(2)28-22(30)13-18-11-19(25)14-20(26)12-18;1-5-6-7-18(21(30)24-8-9-27(3)4)26-20(29)14(2)25-19(28)12-15-10-16(22)13-17(23)11-15/h5-9,11-12,14,16,21H,3-4,10,13,15H2,1-2H3,(H,27,32)(H,28,30)(H,29,31);10-11,13-14,18H,5-9,12H2,1-4H3,(H,24,30)(H,25,28)(H,26,29)/t16-,21-;14-,18-/m00/s1. The lowest BCUT2D eigenvalue weighted by Crippen LogP contribution is -2.53. The van der Waals surface area contributed by atoms with Gasteiger partial charge in [-0.15, -0.1) is 0 Å². The Bertz CT molecular complexity index is 1880. The van der Waals surface area contributed by atoms with E-state index in [1.54, 1.807) is 0 Å². The number of hydrogen-bond acceptors (Lipinski definition) is 7. The Balaban J connectivity index is 0.000000428. The van der Waals surface area contributed by atoms with Crippen molar-refractivity contribution in [2.24, 2.45) is 0 Å². The molecule has 0 fully saturated rings. The topological polar surface area (TPSA) is 178 Å². The van der Waals surface area contributed by atoms with Gasteiger partial charge in [-0.25, -0.2) is 17.6 Å². The zero-order chi connectivity index (χ0) is 46.2. The molecule has 340 valence electrons. The molecule has 3 aromatic carbocycles. The summed E-state index contributed by atoms with van der Waals surface area (Å²) in [6, 6.07) is 11.8. The highest BCUT2D eigenvalue weighted by molar-refractivity contribution is 5.93. The molecule has 4 atom stereocenters. The van der Waals surface area contributed by atoms with Gasteiger partial charge in [0.25, 0.3) is 0 Å². The molecule has 6 amide bonds. The van der Waals surface area contributed by atoms with Gasteiger partial charge in [0, 0.05) is 31.8 Å². The van der Waals surface area contributed by atoms with Crippen molar-refractivity contribution in [3.8, 4) is 0 Å². The number of likely N-dealkylation sites (N-methyl/N-ethyl adjacent to an activating group) is 1. The Kier molecular flexibility index (Phi) is 23.5. The van der Waals surface area contributed by atoms with Gasteiger partial charge >= 0.3 is 0 Å². The average molecular weight is 872 g/mol. The highest BCUT2D eigenvalue weighted by Crippen LogP contribution is 2.11. The van der Waals surface area contributed by atoms with Gasteiger partial charge in [-0.3, -0.25) is 28.8 Å². The van der Waals surface area contributed by atoms with Crippen LogP contribution < -0.4 is 31.9 Å². The average Bonchev–Trinajstić information content (AvgIpc) is 3.19. The number of benzene rings is 3. The lowest BCUT2D eigenvalue weighted by atomic mass is 10.1. The first-order valence-electron chi connectivity index (χ1n) is 20.7. The molecule has 0 saturated heterocycles. The van der Waals surface area contributed by atoms with Gasteiger partial charge in [0.05, 0.1) is 12.8 Å². The summed E-state index contributed by atoms with van der Waals surface area (Å²) < 4.78 is 53.1. The third-order valence-electron chi connectivity index (χ3n) is 9.24. The summed E-state index contributed by atoms with van der Waals surface area (Å²) in [5.74, 6) is -5.81. The fourth-order valence-corrected chi connectivity index (χ4v) is 5.89. The molecule has 0 bridgehead atoms. The maximum Gasteiger partial charge on any atom is 0.242 e. The van der Waals surface area contributed by atoms with Crippen molar-refractivity contribution >= 4 is 35.4 Å². The van der Waals surface area contributed by atoms with Crippen LogP contribution in [-0.4, -0.2) is 91.7 Å². The van der Waals surface area contributed by atoms with E-state index in [9.17, 15) is 46.3 Å². The lowest BCUT2D eigenvalue weighted by Gasteiger charge is -2.21. The predicted molar refractivity (Wildman–Crippen MR) is 228 cm³/mol. The quantitative estimate of drug-likeness (QED) is 0.0767. The SMILES string of the molecule is CCCC[C@H](NC(=O)[C@H](C)NC(=O)Cc1cc(F)cc(F)c1)C(=O)NCCN(C)C.CCCC[C@H](NC(=O)[C@H](C)NC(=O)Cc1cc(F)cc(F)c1)C(=O)NCc1ccccc1. The summed E-state index contributed by atoms with van der Waals surface area (Å²) in [7, 11) is 3.79. The number of unbranched alkanes of at least 4 members (excludes halogenated alkanes) is 2. The lowest BCUT2D eigenvalue weighted by molar-refractivity contribution is -0.131. The fraction of sp³-hybridized carbons (Fsp3) is 0.467. The summed E-state index contributed by atoms with van der Waals surface area (Å²) in [6.45, 7) is 8.42. The molecule has 62 heavy (non-hydrogen) atoms. The molecule has 0 spiro atoms. The number of carbonyl (C=O) groups is 6. The third-order valence-corrected chi connectivity index (χ3v) is 9.24. The number of nitrogens with zero attached hydrogens (tertiary/aromatic N) is 1. The smallest absolute Gasteiger partial charge is 0.242 e. The summed E-state index contributed by atoms with van der Waals surface area (Å²) in [4.78, 5) is 76.3. The van der Waals surface area contributed by atoms with Crippen LogP contribution in [0.3, 0.4) is 0 Å². The highest BCUT2D eigenvalue weighted by atomic mass is 19.1. The number of carbonyl (C=O) groups excluding carboxylic acids is 6. The molecule has 3 rings (SSSR count). The summed E-state index contributed by atoms with van der Waals surface area (Å²) >= 11 is 0. The summed E-state index contributed by atoms with van der Waals surface area (Å²) in [5.41, 5.74) is 1.27. The van der Waals surface area contributed by atoms with Gasteiger partial charge in [0.15, 0.2) is 0 Å². The third kappa shape index (κ3) is 21.1. The van der Waals surface area contributed by atoms with Crippen molar-refractivity contribution in [1.82, 2.24) is 36.8 Å². The Morgan fingerprint density at radius 3 is 1.34 bits per heavy atom. The van der Waals surface area contributed by atoms with Crippen LogP contribution in [0.2, 0.25) is 0 Å². The molecule has 17 heteroatoms. The molecular weight excluding hydrogens is 811 g/mol. The second-order valence-electron chi connectivity index (χ2n) is 15.2. The van der Waals surface area contributed by atoms with Crippen LogP contribution in [0.25, 0.3) is 0 Å². The number of rotatable bonds is 23. The van der Waals surface area contributed by atoms with Crippen molar-refractivity contribution in [2.75, 3.05) is 27.2 Å². The van der Waals surface area contributed by atoms with Gasteiger partial charge in [-0.05, 0) is 81.7 Å². The second kappa shape index (κ2) is 27.9. The number of nitrogens with one attached hydrogen (secondary N) is 6. The van der Waals surface area contributed by atoms with Crippen LogP contribution >= 0.6 is 0 Å². The van der Waals surface area contributed by atoms with E-state index in [2.05, 4.69) is 31.9 Å². The van der Waals surface area contributed by atoms with E-state index >= 15 is 0 Å². The van der Waals surface area contributed by atoms with Gasteiger partial charge in [-0.2, -0.15) is 0 Å².